The van der Waals surface area contributed by atoms with Crippen LogP contribution in [0.25, 0.3) is 0 Å². The van der Waals surface area contributed by atoms with Crippen molar-refractivity contribution < 1.29 is 9.47 Å². The molecular formula is C16H25BrO2. The molecule has 1 unspecified atom stereocenters. The van der Waals surface area contributed by atoms with Crippen LogP contribution in [0, 0.1) is 5.92 Å². The Hall–Kier alpha value is -0.540. The van der Waals surface area contributed by atoms with Gasteiger partial charge >= 0.3 is 0 Å². The first-order chi connectivity index (χ1) is 9.21. The maximum atomic E-state index is 5.86. The second-order valence-corrected chi connectivity index (χ2v) is 5.74. The molecule has 3 heteroatoms. The van der Waals surface area contributed by atoms with Crippen LogP contribution in [0.15, 0.2) is 22.7 Å². The molecule has 19 heavy (non-hydrogen) atoms. The summed E-state index contributed by atoms with van der Waals surface area (Å²) >= 11 is 3.55. The zero-order chi connectivity index (χ0) is 14.1. The highest BCUT2D eigenvalue weighted by Gasteiger charge is 2.07. The average molecular weight is 329 g/mol. The zero-order valence-electron chi connectivity index (χ0n) is 12.2. The monoisotopic (exact) mass is 328 g/mol. The third-order valence-electron chi connectivity index (χ3n) is 3.41. The van der Waals surface area contributed by atoms with Crippen molar-refractivity contribution in [3.05, 3.63) is 28.2 Å². The summed E-state index contributed by atoms with van der Waals surface area (Å²) in [6.45, 7) is 5.96. The lowest BCUT2D eigenvalue weighted by Crippen LogP contribution is -2.09. The molecule has 0 aliphatic rings. The van der Waals surface area contributed by atoms with Crippen LogP contribution in [0.3, 0.4) is 0 Å². The fourth-order valence-corrected chi connectivity index (χ4v) is 2.38. The Labute approximate surface area is 125 Å². The van der Waals surface area contributed by atoms with Crippen molar-refractivity contribution >= 4 is 15.9 Å². The summed E-state index contributed by atoms with van der Waals surface area (Å²) in [6.07, 6.45) is 5.02. The zero-order valence-corrected chi connectivity index (χ0v) is 13.8. The third kappa shape index (κ3) is 5.96. The smallest absolute Gasteiger partial charge is 0.119 e. The Morgan fingerprint density at radius 1 is 1.26 bits per heavy atom. The second kappa shape index (κ2) is 9.38. The van der Waals surface area contributed by atoms with Gasteiger partial charge in [0.05, 0.1) is 13.7 Å². The van der Waals surface area contributed by atoms with Crippen LogP contribution in [0.2, 0.25) is 0 Å². The Morgan fingerprint density at radius 3 is 2.68 bits per heavy atom. The minimum Gasteiger partial charge on any atom is -0.497 e. The molecule has 0 heterocycles. The number of hydrogen-bond acceptors (Lipinski definition) is 2. The van der Waals surface area contributed by atoms with E-state index in [0.717, 1.165) is 22.4 Å². The van der Waals surface area contributed by atoms with Gasteiger partial charge in [0.2, 0.25) is 0 Å². The maximum Gasteiger partial charge on any atom is 0.119 e. The Bertz CT molecular complexity index is 366. The van der Waals surface area contributed by atoms with E-state index >= 15 is 0 Å². The molecule has 1 rings (SSSR count). The normalized spacial score (nSPS) is 12.4. The first-order valence-electron chi connectivity index (χ1n) is 7.11. The average Bonchev–Trinajstić information content (AvgIpc) is 2.44. The standard InChI is InChI=1S/C16H25BrO2/c1-4-6-7-13(5-2)11-19-12-14-10-15(18-3)8-9-16(14)17/h8-10,13H,4-7,11-12H2,1-3H3. The molecule has 1 aromatic carbocycles. The minimum atomic E-state index is 0.639. The number of unbranched alkanes of at least 4 members (excludes halogenated alkanes) is 1. The van der Waals surface area contributed by atoms with Crippen molar-refractivity contribution in [2.75, 3.05) is 13.7 Å². The van der Waals surface area contributed by atoms with Gasteiger partial charge in [0, 0.05) is 11.1 Å². The summed E-state index contributed by atoms with van der Waals surface area (Å²) in [5, 5.41) is 0. The van der Waals surface area contributed by atoms with Crippen LogP contribution in [0.1, 0.15) is 45.1 Å². The fourth-order valence-electron chi connectivity index (χ4n) is 2.02. The summed E-state index contributed by atoms with van der Waals surface area (Å²) in [6, 6.07) is 5.98. The quantitative estimate of drug-likeness (QED) is 0.621. The van der Waals surface area contributed by atoms with Crippen LogP contribution >= 0.6 is 15.9 Å². The van der Waals surface area contributed by atoms with Crippen LogP contribution in [-0.2, 0) is 11.3 Å². The molecular weight excluding hydrogens is 304 g/mol. The van der Waals surface area contributed by atoms with Crippen molar-refractivity contribution in [3.63, 3.8) is 0 Å². The van der Waals surface area contributed by atoms with Gasteiger partial charge in [-0.2, -0.15) is 0 Å². The molecule has 0 spiro atoms. The predicted molar refractivity (Wildman–Crippen MR) is 83.7 cm³/mol. The van der Waals surface area contributed by atoms with Crippen molar-refractivity contribution in [3.8, 4) is 5.75 Å². The van der Waals surface area contributed by atoms with E-state index in [1.807, 2.05) is 18.2 Å². The van der Waals surface area contributed by atoms with Gasteiger partial charge < -0.3 is 9.47 Å². The van der Waals surface area contributed by atoms with Crippen LogP contribution in [0.5, 0.6) is 5.75 Å². The summed E-state index contributed by atoms with van der Waals surface area (Å²) in [4.78, 5) is 0. The van der Waals surface area contributed by atoms with Gasteiger partial charge in [0.25, 0.3) is 0 Å². The van der Waals surface area contributed by atoms with E-state index in [0.29, 0.717) is 12.5 Å². The second-order valence-electron chi connectivity index (χ2n) is 4.89. The lowest BCUT2D eigenvalue weighted by atomic mass is 10.0. The minimum absolute atomic E-state index is 0.639. The lowest BCUT2D eigenvalue weighted by Gasteiger charge is -2.15. The van der Waals surface area contributed by atoms with E-state index in [1.54, 1.807) is 7.11 Å². The number of halogens is 1. The highest BCUT2D eigenvalue weighted by molar-refractivity contribution is 9.10. The molecule has 2 nitrogen and oxygen atoms in total. The number of hydrogen-bond donors (Lipinski definition) is 0. The van der Waals surface area contributed by atoms with Crippen LogP contribution in [0.4, 0.5) is 0 Å². The molecule has 0 saturated heterocycles. The molecule has 0 bridgehead atoms. The van der Waals surface area contributed by atoms with Gasteiger partial charge in [-0.15, -0.1) is 0 Å². The summed E-state index contributed by atoms with van der Waals surface area (Å²) in [5.41, 5.74) is 1.14. The van der Waals surface area contributed by atoms with Crippen LogP contribution < -0.4 is 4.74 Å². The molecule has 108 valence electrons. The molecule has 0 fully saturated rings. The SMILES string of the molecule is CCCCC(CC)COCc1cc(OC)ccc1Br. The molecule has 0 aliphatic carbocycles. The van der Waals surface area contributed by atoms with Gasteiger partial charge in [-0.3, -0.25) is 0 Å². The van der Waals surface area contributed by atoms with Gasteiger partial charge in [0.15, 0.2) is 0 Å². The first-order valence-corrected chi connectivity index (χ1v) is 7.90. The fraction of sp³-hybridized carbons (Fsp3) is 0.625. The number of ether oxygens (including phenoxy) is 2. The van der Waals surface area contributed by atoms with Gasteiger partial charge in [-0.1, -0.05) is 49.0 Å². The molecule has 0 aromatic heterocycles. The third-order valence-corrected chi connectivity index (χ3v) is 4.18. The van der Waals surface area contributed by atoms with Crippen molar-refractivity contribution in [2.45, 2.75) is 46.1 Å². The number of benzene rings is 1. The summed E-state index contributed by atoms with van der Waals surface area (Å²) in [5.74, 6) is 1.56. The van der Waals surface area contributed by atoms with E-state index in [9.17, 15) is 0 Å². The van der Waals surface area contributed by atoms with E-state index in [4.69, 9.17) is 9.47 Å². The van der Waals surface area contributed by atoms with E-state index in [1.165, 1.54) is 25.7 Å². The molecule has 0 radical (unpaired) electrons. The predicted octanol–water partition coefficient (Wildman–Crippen LogP) is 5.19. The molecule has 0 N–H and O–H groups in total. The van der Waals surface area contributed by atoms with Crippen molar-refractivity contribution in [1.82, 2.24) is 0 Å². The molecule has 0 amide bonds. The Balaban J connectivity index is 2.43. The highest BCUT2D eigenvalue weighted by atomic mass is 79.9. The molecule has 1 atom stereocenters. The lowest BCUT2D eigenvalue weighted by molar-refractivity contribution is 0.0815. The van der Waals surface area contributed by atoms with E-state index < -0.39 is 0 Å². The van der Waals surface area contributed by atoms with Gasteiger partial charge in [-0.05, 0) is 36.1 Å². The summed E-state index contributed by atoms with van der Waals surface area (Å²) < 4.78 is 12.2. The maximum absolute atomic E-state index is 5.86. The van der Waals surface area contributed by atoms with E-state index in [2.05, 4.69) is 29.8 Å². The Kier molecular flexibility index (Phi) is 8.15. The van der Waals surface area contributed by atoms with Crippen molar-refractivity contribution in [1.29, 1.82) is 0 Å². The number of rotatable bonds is 9. The van der Waals surface area contributed by atoms with Crippen molar-refractivity contribution in [2.24, 2.45) is 5.92 Å². The Morgan fingerprint density at radius 2 is 2.05 bits per heavy atom. The molecule has 0 aliphatic heterocycles. The van der Waals surface area contributed by atoms with E-state index in [-0.39, 0.29) is 0 Å². The summed E-state index contributed by atoms with van der Waals surface area (Å²) in [7, 11) is 1.69. The van der Waals surface area contributed by atoms with Crippen LogP contribution in [-0.4, -0.2) is 13.7 Å². The highest BCUT2D eigenvalue weighted by Crippen LogP contribution is 2.23. The molecule has 0 saturated carbocycles. The number of methoxy groups -OCH3 is 1. The molecule has 1 aromatic rings. The van der Waals surface area contributed by atoms with Gasteiger partial charge in [-0.25, -0.2) is 0 Å². The van der Waals surface area contributed by atoms with Gasteiger partial charge in [0.1, 0.15) is 5.75 Å². The largest absolute Gasteiger partial charge is 0.497 e. The topological polar surface area (TPSA) is 18.5 Å². The first kappa shape index (κ1) is 16.5.